The van der Waals surface area contributed by atoms with Gasteiger partial charge in [-0.15, -0.1) is 0 Å². The third-order valence-corrected chi connectivity index (χ3v) is 3.62. The molecule has 0 unspecified atom stereocenters. The first-order valence-corrected chi connectivity index (χ1v) is 8.81. The minimum absolute atomic E-state index is 0.0837. The fraction of sp³-hybridized carbons (Fsp3) is 0.421. The smallest absolute Gasteiger partial charge is 0.307 e. The number of aliphatic imine (C=N–C) groups is 1. The normalized spacial score (nSPS) is 11.5. The molecule has 1 aromatic heterocycles. The van der Waals surface area contributed by atoms with E-state index >= 15 is 0 Å². The first kappa shape index (κ1) is 19.5. The summed E-state index contributed by atoms with van der Waals surface area (Å²) in [5, 5.41) is 10.6. The van der Waals surface area contributed by atoms with Crippen LogP contribution in [0.1, 0.15) is 25.8 Å². The third kappa shape index (κ3) is 6.58. The van der Waals surface area contributed by atoms with Crippen molar-refractivity contribution >= 4 is 11.9 Å². The Bertz CT molecular complexity index is 693. The number of esters is 1. The van der Waals surface area contributed by atoms with Gasteiger partial charge < -0.3 is 15.4 Å². The Labute approximate surface area is 154 Å². The lowest BCUT2D eigenvalue weighted by Crippen LogP contribution is -2.39. The number of nitrogens with zero attached hydrogens (tertiary/aromatic N) is 3. The van der Waals surface area contributed by atoms with Crippen molar-refractivity contribution in [1.82, 2.24) is 20.4 Å². The monoisotopic (exact) mass is 357 g/mol. The molecule has 0 saturated heterocycles. The predicted molar refractivity (Wildman–Crippen MR) is 102 cm³/mol. The maximum Gasteiger partial charge on any atom is 0.307 e. The van der Waals surface area contributed by atoms with Crippen molar-refractivity contribution in [2.75, 3.05) is 20.1 Å². The molecular weight excluding hydrogens is 330 g/mol. The molecule has 7 nitrogen and oxygen atoms in total. The van der Waals surface area contributed by atoms with E-state index in [1.807, 2.05) is 30.8 Å². The van der Waals surface area contributed by atoms with Gasteiger partial charge >= 0.3 is 5.97 Å². The SMILES string of the molecule is CN=C(NCCC(=O)OC(C)C)NCCc1ccc(-n2cccn2)cc1. The zero-order chi connectivity index (χ0) is 18.8. The highest BCUT2D eigenvalue weighted by atomic mass is 16.5. The lowest BCUT2D eigenvalue weighted by molar-refractivity contribution is -0.147. The number of nitrogens with one attached hydrogen (secondary N) is 2. The van der Waals surface area contributed by atoms with Crippen molar-refractivity contribution < 1.29 is 9.53 Å². The Balaban J connectivity index is 1.69. The molecule has 1 heterocycles. The van der Waals surface area contributed by atoms with Crippen LogP contribution in [-0.4, -0.2) is 48.0 Å². The van der Waals surface area contributed by atoms with Crippen LogP contribution in [0.3, 0.4) is 0 Å². The lowest BCUT2D eigenvalue weighted by Gasteiger charge is -2.12. The van der Waals surface area contributed by atoms with Gasteiger partial charge in [0.1, 0.15) is 0 Å². The fourth-order valence-electron chi connectivity index (χ4n) is 2.39. The first-order valence-electron chi connectivity index (χ1n) is 8.81. The van der Waals surface area contributed by atoms with Crippen molar-refractivity contribution in [3.63, 3.8) is 0 Å². The highest BCUT2D eigenvalue weighted by Crippen LogP contribution is 2.08. The Hall–Kier alpha value is -2.83. The molecule has 2 N–H and O–H groups in total. The quantitative estimate of drug-likeness (QED) is 0.429. The molecule has 7 heteroatoms. The van der Waals surface area contributed by atoms with Crippen LogP contribution in [0.2, 0.25) is 0 Å². The number of hydrogen-bond donors (Lipinski definition) is 2. The molecule has 0 spiro atoms. The Morgan fingerprint density at radius 1 is 1.23 bits per heavy atom. The number of ether oxygens (including phenoxy) is 1. The molecule has 2 rings (SSSR count). The van der Waals surface area contributed by atoms with Crippen LogP contribution in [-0.2, 0) is 16.0 Å². The maximum absolute atomic E-state index is 11.5. The molecule has 0 aliphatic heterocycles. The van der Waals surface area contributed by atoms with Gasteiger partial charge in [0.05, 0.1) is 18.2 Å². The molecule has 1 aromatic carbocycles. The fourth-order valence-corrected chi connectivity index (χ4v) is 2.39. The Morgan fingerprint density at radius 3 is 2.58 bits per heavy atom. The van der Waals surface area contributed by atoms with Crippen molar-refractivity contribution in [2.45, 2.75) is 32.8 Å². The second kappa shape index (κ2) is 10.2. The van der Waals surface area contributed by atoms with Crippen LogP contribution < -0.4 is 10.6 Å². The standard InChI is InChI=1S/C19H27N5O2/c1-15(2)26-18(25)10-13-22-19(20-3)21-12-9-16-5-7-17(8-6-16)24-14-4-11-23-24/h4-8,11,14-15H,9-10,12-13H2,1-3H3,(H2,20,21,22). The van der Waals surface area contributed by atoms with Gasteiger partial charge in [0.15, 0.2) is 5.96 Å². The number of carbonyl (C=O) groups is 1. The van der Waals surface area contributed by atoms with Gasteiger partial charge in [0.2, 0.25) is 0 Å². The zero-order valence-electron chi connectivity index (χ0n) is 15.6. The van der Waals surface area contributed by atoms with Gasteiger partial charge in [-0.3, -0.25) is 9.79 Å². The molecule has 0 saturated carbocycles. The largest absolute Gasteiger partial charge is 0.463 e. The van der Waals surface area contributed by atoms with Gasteiger partial charge in [-0.1, -0.05) is 12.1 Å². The minimum atomic E-state index is -0.208. The van der Waals surface area contributed by atoms with Crippen LogP contribution in [0, 0.1) is 0 Å². The van der Waals surface area contributed by atoms with E-state index in [9.17, 15) is 4.79 Å². The summed E-state index contributed by atoms with van der Waals surface area (Å²) >= 11 is 0. The Kier molecular flexibility index (Phi) is 7.67. The van der Waals surface area contributed by atoms with Gasteiger partial charge in [-0.25, -0.2) is 4.68 Å². The highest BCUT2D eigenvalue weighted by Gasteiger charge is 2.06. The summed E-state index contributed by atoms with van der Waals surface area (Å²) in [6.45, 7) is 4.92. The average molecular weight is 357 g/mol. The minimum Gasteiger partial charge on any atom is -0.463 e. The highest BCUT2D eigenvalue weighted by molar-refractivity contribution is 5.80. The number of guanidine groups is 1. The molecule has 0 aliphatic rings. The number of aromatic nitrogens is 2. The molecular formula is C19H27N5O2. The van der Waals surface area contributed by atoms with Crippen molar-refractivity contribution in [1.29, 1.82) is 0 Å². The van der Waals surface area contributed by atoms with Gasteiger partial charge in [0.25, 0.3) is 0 Å². The molecule has 0 fully saturated rings. The summed E-state index contributed by atoms with van der Waals surface area (Å²) in [7, 11) is 1.71. The number of hydrogen-bond acceptors (Lipinski definition) is 4. The van der Waals surface area contributed by atoms with Crippen LogP contribution >= 0.6 is 0 Å². The molecule has 0 amide bonds. The van der Waals surface area contributed by atoms with E-state index in [1.165, 1.54) is 5.56 Å². The van der Waals surface area contributed by atoms with E-state index in [1.54, 1.807) is 13.2 Å². The molecule has 0 atom stereocenters. The van der Waals surface area contributed by atoms with Crippen molar-refractivity contribution in [3.8, 4) is 5.69 Å². The van der Waals surface area contributed by atoms with E-state index in [0.29, 0.717) is 18.9 Å². The van der Waals surface area contributed by atoms with Crippen LogP contribution in [0.4, 0.5) is 0 Å². The van der Waals surface area contributed by atoms with E-state index < -0.39 is 0 Å². The van der Waals surface area contributed by atoms with E-state index in [0.717, 1.165) is 18.7 Å². The summed E-state index contributed by atoms with van der Waals surface area (Å²) in [6.07, 6.45) is 4.78. The lowest BCUT2D eigenvalue weighted by atomic mass is 10.1. The average Bonchev–Trinajstić information content (AvgIpc) is 3.15. The molecule has 2 aromatic rings. The summed E-state index contributed by atoms with van der Waals surface area (Å²) in [4.78, 5) is 15.7. The van der Waals surface area contributed by atoms with E-state index in [-0.39, 0.29) is 12.1 Å². The van der Waals surface area contributed by atoms with Gasteiger partial charge in [-0.05, 0) is 44.0 Å². The van der Waals surface area contributed by atoms with E-state index in [4.69, 9.17) is 4.74 Å². The van der Waals surface area contributed by atoms with Crippen molar-refractivity contribution in [2.24, 2.45) is 4.99 Å². The summed E-state index contributed by atoms with van der Waals surface area (Å²) in [5.74, 6) is 0.468. The third-order valence-electron chi connectivity index (χ3n) is 3.62. The Morgan fingerprint density at radius 2 is 1.96 bits per heavy atom. The number of carbonyl (C=O) groups excluding carboxylic acids is 1. The number of benzene rings is 1. The molecule has 0 radical (unpaired) electrons. The van der Waals surface area contributed by atoms with Crippen molar-refractivity contribution in [3.05, 3.63) is 48.3 Å². The second-order valence-electron chi connectivity index (χ2n) is 6.08. The molecule has 0 aliphatic carbocycles. The predicted octanol–water partition coefficient (Wildman–Crippen LogP) is 1.92. The first-order chi connectivity index (χ1) is 12.6. The summed E-state index contributed by atoms with van der Waals surface area (Å²) in [5.41, 5.74) is 2.27. The molecule has 140 valence electrons. The van der Waals surface area contributed by atoms with Crippen LogP contribution in [0.25, 0.3) is 5.69 Å². The molecule has 0 bridgehead atoms. The maximum atomic E-state index is 11.5. The summed E-state index contributed by atoms with van der Waals surface area (Å²) in [6, 6.07) is 10.2. The van der Waals surface area contributed by atoms with Crippen LogP contribution in [0.15, 0.2) is 47.7 Å². The zero-order valence-corrected chi connectivity index (χ0v) is 15.6. The summed E-state index contributed by atoms with van der Waals surface area (Å²) < 4.78 is 6.93. The van der Waals surface area contributed by atoms with Gasteiger partial charge in [0, 0.05) is 32.5 Å². The van der Waals surface area contributed by atoms with Gasteiger partial charge in [-0.2, -0.15) is 5.10 Å². The number of rotatable bonds is 8. The second-order valence-corrected chi connectivity index (χ2v) is 6.08. The van der Waals surface area contributed by atoms with Crippen LogP contribution in [0.5, 0.6) is 0 Å². The molecule has 26 heavy (non-hydrogen) atoms. The topological polar surface area (TPSA) is 80.5 Å². The van der Waals surface area contributed by atoms with E-state index in [2.05, 4.69) is 45.0 Å².